The first kappa shape index (κ1) is 32.0. The molecule has 3 aromatic heterocycles. The molecule has 0 spiro atoms. The van der Waals surface area contributed by atoms with E-state index in [1.54, 1.807) is 25.4 Å². The predicted molar refractivity (Wildman–Crippen MR) is 169 cm³/mol. The Bertz CT molecular complexity index is 1760. The molecule has 1 aliphatic rings. The summed E-state index contributed by atoms with van der Waals surface area (Å²) in [5, 5.41) is 19.7. The number of ether oxygens (including phenoxy) is 2. The molecule has 1 aliphatic heterocycles. The van der Waals surface area contributed by atoms with E-state index in [9.17, 15) is 19.5 Å². The standard InChI is InChI=1S/C32H35ClN6O6/c1-44-29(42)13-23(40)18-35-15-21-16-36-27-12-19(10-11-39(27)32(21)43)24-4-3-5-25(30(24)33)26-8-6-20(31(38-26)45-2)14-34-17-22-7-9-28(41)37-22/h3-6,8,10-12,16,22-23,34-35,40H,7,9,13-15,17-18H2,1-2H3,(H,37,41)/t22-,23?/m0/s1. The summed E-state index contributed by atoms with van der Waals surface area (Å²) < 4.78 is 11.6. The third kappa shape index (κ3) is 7.66. The number of carbonyl (C=O) groups is 2. The van der Waals surface area contributed by atoms with Crippen LogP contribution in [-0.4, -0.2) is 70.8 Å². The molecule has 0 bridgehead atoms. The Morgan fingerprint density at radius 3 is 2.69 bits per heavy atom. The first-order valence-electron chi connectivity index (χ1n) is 14.6. The third-order valence-electron chi connectivity index (χ3n) is 7.62. The van der Waals surface area contributed by atoms with Gasteiger partial charge in [0.2, 0.25) is 11.8 Å². The number of benzene rings is 1. The fourth-order valence-corrected chi connectivity index (χ4v) is 5.55. The van der Waals surface area contributed by atoms with Gasteiger partial charge >= 0.3 is 5.97 Å². The van der Waals surface area contributed by atoms with Gasteiger partial charge in [0.15, 0.2) is 0 Å². The molecule has 2 atom stereocenters. The van der Waals surface area contributed by atoms with Crippen LogP contribution in [0.3, 0.4) is 0 Å². The zero-order valence-electron chi connectivity index (χ0n) is 25.0. The van der Waals surface area contributed by atoms with E-state index in [1.165, 1.54) is 17.7 Å². The lowest BCUT2D eigenvalue weighted by atomic mass is 10.0. The number of carbonyl (C=O) groups excluding carboxylic acids is 2. The number of nitrogens with one attached hydrogen (secondary N) is 3. The van der Waals surface area contributed by atoms with Crippen LogP contribution >= 0.6 is 11.6 Å². The summed E-state index contributed by atoms with van der Waals surface area (Å²) in [6.45, 7) is 1.49. The van der Waals surface area contributed by atoms with E-state index in [-0.39, 0.29) is 37.0 Å². The van der Waals surface area contributed by atoms with Crippen molar-refractivity contribution in [3.05, 3.63) is 81.4 Å². The number of halogens is 1. The summed E-state index contributed by atoms with van der Waals surface area (Å²) in [6.07, 6.45) is 3.47. The van der Waals surface area contributed by atoms with Gasteiger partial charge in [-0.2, -0.15) is 0 Å². The SMILES string of the molecule is COC(=O)CC(O)CNCc1cnc2cc(-c3cccc(-c4ccc(CNC[C@@H]5CCC(=O)N5)c(OC)n4)c3Cl)ccn2c1=O. The van der Waals surface area contributed by atoms with E-state index in [2.05, 4.69) is 25.7 Å². The van der Waals surface area contributed by atoms with Gasteiger partial charge in [0.1, 0.15) is 5.65 Å². The number of aliphatic hydroxyl groups is 1. The van der Waals surface area contributed by atoms with Crippen molar-refractivity contribution in [3.8, 4) is 28.3 Å². The Morgan fingerprint density at radius 2 is 1.93 bits per heavy atom. The number of fused-ring (bicyclic) bond motifs is 1. The van der Waals surface area contributed by atoms with E-state index in [1.807, 2.05) is 30.3 Å². The van der Waals surface area contributed by atoms with Crippen LogP contribution in [0.25, 0.3) is 28.0 Å². The van der Waals surface area contributed by atoms with Gasteiger partial charge in [-0.25, -0.2) is 9.97 Å². The van der Waals surface area contributed by atoms with Gasteiger partial charge in [-0.05, 0) is 30.2 Å². The molecule has 4 N–H and O–H groups in total. The summed E-state index contributed by atoms with van der Waals surface area (Å²) in [5.41, 5.74) is 4.39. The average molecular weight is 635 g/mol. The van der Waals surface area contributed by atoms with E-state index in [0.717, 1.165) is 28.7 Å². The van der Waals surface area contributed by atoms with Gasteiger partial charge in [-0.3, -0.25) is 18.8 Å². The van der Waals surface area contributed by atoms with Gasteiger partial charge < -0.3 is 30.5 Å². The lowest BCUT2D eigenvalue weighted by molar-refractivity contribution is -0.142. The molecule has 1 unspecified atom stereocenters. The quantitative estimate of drug-likeness (QED) is 0.161. The number of amides is 1. The van der Waals surface area contributed by atoms with Crippen LogP contribution in [0, 0.1) is 0 Å². The van der Waals surface area contributed by atoms with Crippen LogP contribution in [0.4, 0.5) is 0 Å². The number of aromatic nitrogens is 3. The Labute approximate surface area is 264 Å². The molecule has 0 saturated carbocycles. The first-order valence-corrected chi connectivity index (χ1v) is 14.9. The number of esters is 1. The smallest absolute Gasteiger partial charge is 0.308 e. The third-order valence-corrected chi connectivity index (χ3v) is 8.02. The zero-order chi connectivity index (χ0) is 31.9. The van der Waals surface area contributed by atoms with Crippen molar-refractivity contribution in [1.29, 1.82) is 0 Å². The number of rotatable bonds is 13. The Hall–Kier alpha value is -4.36. The molecule has 236 valence electrons. The Kier molecular flexibility index (Phi) is 10.4. The average Bonchev–Trinajstić information content (AvgIpc) is 3.46. The second-order valence-electron chi connectivity index (χ2n) is 10.8. The highest BCUT2D eigenvalue weighted by atomic mass is 35.5. The molecule has 1 fully saturated rings. The Balaban J connectivity index is 1.31. The van der Waals surface area contributed by atoms with E-state index >= 15 is 0 Å². The second kappa shape index (κ2) is 14.6. The van der Waals surface area contributed by atoms with Crippen molar-refractivity contribution < 1.29 is 24.2 Å². The molecule has 13 heteroatoms. The number of nitrogens with zero attached hydrogens (tertiary/aromatic N) is 3. The monoisotopic (exact) mass is 634 g/mol. The van der Waals surface area contributed by atoms with E-state index in [4.69, 9.17) is 21.3 Å². The van der Waals surface area contributed by atoms with E-state index < -0.39 is 12.1 Å². The number of pyridine rings is 2. The maximum atomic E-state index is 13.1. The molecular formula is C32H35ClN6O6. The minimum absolute atomic E-state index is 0.0871. The Morgan fingerprint density at radius 1 is 1.13 bits per heavy atom. The number of hydrogen-bond donors (Lipinski definition) is 4. The van der Waals surface area contributed by atoms with Crippen LogP contribution in [0.2, 0.25) is 5.02 Å². The number of aliphatic hydroxyl groups excluding tert-OH is 1. The molecule has 12 nitrogen and oxygen atoms in total. The van der Waals surface area contributed by atoms with E-state index in [0.29, 0.717) is 47.3 Å². The molecule has 1 saturated heterocycles. The fraction of sp³-hybridized carbons (Fsp3) is 0.344. The minimum atomic E-state index is -0.930. The highest BCUT2D eigenvalue weighted by molar-refractivity contribution is 6.36. The van der Waals surface area contributed by atoms with Gasteiger partial charge in [0.25, 0.3) is 5.56 Å². The van der Waals surface area contributed by atoms with Crippen LogP contribution in [0.1, 0.15) is 30.4 Å². The van der Waals surface area contributed by atoms with Crippen molar-refractivity contribution in [2.24, 2.45) is 0 Å². The van der Waals surface area contributed by atoms with Crippen LogP contribution in [0.15, 0.2) is 59.7 Å². The maximum absolute atomic E-state index is 13.1. The van der Waals surface area contributed by atoms with Gasteiger partial charge in [-0.1, -0.05) is 35.9 Å². The van der Waals surface area contributed by atoms with Crippen LogP contribution < -0.4 is 26.2 Å². The van der Waals surface area contributed by atoms with Crippen molar-refractivity contribution in [3.63, 3.8) is 0 Å². The van der Waals surface area contributed by atoms with Gasteiger partial charge in [0, 0.05) is 73.3 Å². The summed E-state index contributed by atoms with van der Waals surface area (Å²) >= 11 is 6.94. The second-order valence-corrected chi connectivity index (χ2v) is 11.1. The zero-order valence-corrected chi connectivity index (χ0v) is 25.8. The molecule has 45 heavy (non-hydrogen) atoms. The minimum Gasteiger partial charge on any atom is -0.481 e. The normalized spacial score (nSPS) is 15.2. The molecule has 4 heterocycles. The van der Waals surface area contributed by atoms with Crippen molar-refractivity contribution in [1.82, 2.24) is 30.3 Å². The van der Waals surface area contributed by atoms with Gasteiger partial charge in [0.05, 0.1) is 37.5 Å². The summed E-state index contributed by atoms with van der Waals surface area (Å²) in [4.78, 5) is 45.0. The van der Waals surface area contributed by atoms with Crippen LogP contribution in [-0.2, 0) is 27.4 Å². The molecule has 0 aliphatic carbocycles. The topological polar surface area (TPSA) is 156 Å². The molecular weight excluding hydrogens is 600 g/mol. The largest absolute Gasteiger partial charge is 0.481 e. The predicted octanol–water partition coefficient (Wildman–Crippen LogP) is 2.47. The lowest BCUT2D eigenvalue weighted by Gasteiger charge is -2.15. The van der Waals surface area contributed by atoms with Crippen molar-refractivity contribution in [2.75, 3.05) is 27.3 Å². The lowest BCUT2D eigenvalue weighted by Crippen LogP contribution is -2.35. The fourth-order valence-electron chi connectivity index (χ4n) is 5.22. The van der Waals surface area contributed by atoms with Gasteiger partial charge in [-0.15, -0.1) is 0 Å². The van der Waals surface area contributed by atoms with Crippen LogP contribution in [0.5, 0.6) is 5.88 Å². The summed E-state index contributed by atoms with van der Waals surface area (Å²) in [6, 6.07) is 13.2. The highest BCUT2D eigenvalue weighted by Gasteiger charge is 2.20. The molecule has 5 rings (SSSR count). The summed E-state index contributed by atoms with van der Waals surface area (Å²) in [7, 11) is 2.83. The first-order chi connectivity index (χ1) is 21.8. The molecule has 0 radical (unpaired) electrons. The number of hydrogen-bond acceptors (Lipinski definition) is 10. The molecule has 4 aromatic rings. The highest BCUT2D eigenvalue weighted by Crippen LogP contribution is 2.36. The van der Waals surface area contributed by atoms with Crippen molar-refractivity contribution in [2.45, 2.75) is 44.5 Å². The molecule has 1 amide bonds. The van der Waals surface area contributed by atoms with Crippen molar-refractivity contribution >= 4 is 29.1 Å². The summed E-state index contributed by atoms with van der Waals surface area (Å²) in [5.74, 6) is 0.0578. The maximum Gasteiger partial charge on any atom is 0.308 e. The molecule has 1 aromatic carbocycles. The number of methoxy groups -OCH3 is 2.